The smallest absolute Gasteiger partial charge is 0.254 e. The molecule has 22 heavy (non-hydrogen) atoms. The first-order valence-corrected chi connectivity index (χ1v) is 7.30. The fraction of sp³-hybridized carbons (Fsp3) is 0.211. The molecule has 0 fully saturated rings. The zero-order valence-corrected chi connectivity index (χ0v) is 15.6. The summed E-state index contributed by atoms with van der Waals surface area (Å²) in [6, 6.07) is 12.9. The van der Waals surface area contributed by atoms with Gasteiger partial charge >= 0.3 is 0 Å². The lowest BCUT2D eigenvalue weighted by atomic mass is 10.1. The summed E-state index contributed by atoms with van der Waals surface area (Å²) in [6.45, 7) is 8.63. The monoisotopic (exact) mass is 404 g/mol. The van der Waals surface area contributed by atoms with E-state index in [-0.39, 0.29) is 24.0 Å². The lowest BCUT2D eigenvalue weighted by molar-refractivity contribution is -0.595. The summed E-state index contributed by atoms with van der Waals surface area (Å²) in [5, 5.41) is 0. The van der Waals surface area contributed by atoms with Gasteiger partial charge in [0.15, 0.2) is 0 Å². The van der Waals surface area contributed by atoms with Crippen molar-refractivity contribution in [3.63, 3.8) is 0 Å². The number of para-hydroxylation sites is 2. The van der Waals surface area contributed by atoms with E-state index >= 15 is 0 Å². The minimum Gasteiger partial charge on any atom is -1.00 e. The van der Waals surface area contributed by atoms with Crippen LogP contribution in [-0.4, -0.2) is 4.57 Å². The van der Waals surface area contributed by atoms with Gasteiger partial charge in [-0.15, -0.1) is 0 Å². The molecule has 1 aromatic heterocycles. The van der Waals surface area contributed by atoms with Crippen molar-refractivity contribution < 1.29 is 28.5 Å². The van der Waals surface area contributed by atoms with Gasteiger partial charge in [0.25, 0.3) is 6.33 Å². The standard InChI is InChI=1S/C19H21N2.HI/c1-14-7-5-8-15(2)18(14)20-11-12-21(13-20)19-16(3)9-6-10-17(19)4;/h5-13H,1-4H3;1H/q+1;/p-1. The summed E-state index contributed by atoms with van der Waals surface area (Å²) < 4.78 is 4.41. The predicted octanol–water partition coefficient (Wildman–Crippen LogP) is 0.992. The Kier molecular flexibility index (Phi) is 5.06. The van der Waals surface area contributed by atoms with Crippen LogP contribution in [0.4, 0.5) is 0 Å². The van der Waals surface area contributed by atoms with Crippen LogP contribution < -0.4 is 28.5 Å². The first-order chi connectivity index (χ1) is 10.1. The Bertz CT molecular complexity index is 696. The second kappa shape index (κ2) is 6.65. The predicted molar refractivity (Wildman–Crippen MR) is 86.2 cm³/mol. The molecule has 114 valence electrons. The van der Waals surface area contributed by atoms with Gasteiger partial charge in [0, 0.05) is 0 Å². The van der Waals surface area contributed by atoms with E-state index in [0.717, 1.165) is 0 Å². The molecule has 0 saturated carbocycles. The van der Waals surface area contributed by atoms with Crippen molar-refractivity contribution in [2.75, 3.05) is 0 Å². The van der Waals surface area contributed by atoms with Crippen LogP contribution in [0.15, 0.2) is 55.1 Å². The van der Waals surface area contributed by atoms with Crippen LogP contribution in [0.2, 0.25) is 0 Å². The molecule has 0 aliphatic carbocycles. The van der Waals surface area contributed by atoms with E-state index in [9.17, 15) is 0 Å². The normalized spacial score (nSPS) is 10.4. The van der Waals surface area contributed by atoms with Gasteiger partial charge < -0.3 is 24.0 Å². The van der Waals surface area contributed by atoms with Gasteiger partial charge in [-0.3, -0.25) is 0 Å². The first kappa shape index (κ1) is 16.7. The summed E-state index contributed by atoms with van der Waals surface area (Å²) in [4.78, 5) is 0. The molecule has 0 aliphatic heterocycles. The van der Waals surface area contributed by atoms with E-state index in [1.807, 2.05) is 0 Å². The van der Waals surface area contributed by atoms with Gasteiger partial charge in [-0.2, -0.15) is 0 Å². The topological polar surface area (TPSA) is 8.81 Å². The molecule has 0 unspecified atom stereocenters. The van der Waals surface area contributed by atoms with Crippen LogP contribution in [0, 0.1) is 27.7 Å². The van der Waals surface area contributed by atoms with Crippen molar-refractivity contribution in [2.24, 2.45) is 0 Å². The quantitative estimate of drug-likeness (QED) is 0.445. The Morgan fingerprint density at radius 2 is 1.27 bits per heavy atom. The van der Waals surface area contributed by atoms with Crippen molar-refractivity contribution in [2.45, 2.75) is 27.7 Å². The van der Waals surface area contributed by atoms with Gasteiger partial charge in [-0.1, -0.05) is 36.4 Å². The van der Waals surface area contributed by atoms with E-state index in [4.69, 9.17) is 0 Å². The molecule has 3 rings (SSSR count). The summed E-state index contributed by atoms with van der Waals surface area (Å²) in [5.74, 6) is 0. The molecule has 0 N–H and O–H groups in total. The van der Waals surface area contributed by atoms with Gasteiger partial charge in [0.2, 0.25) is 0 Å². The van der Waals surface area contributed by atoms with Crippen LogP contribution in [0.1, 0.15) is 22.3 Å². The number of halogens is 1. The van der Waals surface area contributed by atoms with E-state index in [2.05, 4.69) is 91.9 Å². The van der Waals surface area contributed by atoms with Crippen LogP contribution in [-0.2, 0) is 0 Å². The van der Waals surface area contributed by atoms with Crippen LogP contribution in [0.3, 0.4) is 0 Å². The van der Waals surface area contributed by atoms with Gasteiger partial charge in [-0.25, -0.2) is 9.13 Å². The number of benzene rings is 2. The average Bonchev–Trinajstić information content (AvgIpc) is 2.87. The number of nitrogens with zero attached hydrogens (tertiary/aromatic N) is 2. The van der Waals surface area contributed by atoms with E-state index < -0.39 is 0 Å². The minimum atomic E-state index is 0. The maximum Gasteiger partial charge on any atom is 0.254 e. The highest BCUT2D eigenvalue weighted by Gasteiger charge is 2.15. The third-order valence-corrected chi connectivity index (χ3v) is 4.03. The van der Waals surface area contributed by atoms with Crippen molar-refractivity contribution >= 4 is 0 Å². The molecule has 2 aromatic carbocycles. The van der Waals surface area contributed by atoms with E-state index in [1.165, 1.54) is 33.6 Å². The molecule has 0 radical (unpaired) electrons. The Hall–Kier alpha value is -1.62. The highest BCUT2D eigenvalue weighted by Crippen LogP contribution is 2.19. The highest BCUT2D eigenvalue weighted by molar-refractivity contribution is 5.47. The van der Waals surface area contributed by atoms with Gasteiger partial charge in [0.1, 0.15) is 23.8 Å². The molecule has 0 bridgehead atoms. The zero-order chi connectivity index (χ0) is 15.0. The number of rotatable bonds is 2. The summed E-state index contributed by atoms with van der Waals surface area (Å²) >= 11 is 0. The molecule has 0 spiro atoms. The average molecular weight is 404 g/mol. The molecule has 0 atom stereocenters. The van der Waals surface area contributed by atoms with Crippen molar-refractivity contribution in [1.82, 2.24) is 4.57 Å². The van der Waals surface area contributed by atoms with Crippen LogP contribution in [0.25, 0.3) is 11.4 Å². The summed E-state index contributed by atoms with van der Waals surface area (Å²) in [7, 11) is 0. The largest absolute Gasteiger partial charge is 1.00 e. The molecule has 2 nitrogen and oxygen atoms in total. The molecule has 1 heterocycles. The maximum absolute atomic E-state index is 2.20. The molecule has 0 amide bonds. The molecular weight excluding hydrogens is 383 g/mol. The number of hydrogen-bond donors (Lipinski definition) is 0. The second-order valence-corrected chi connectivity index (χ2v) is 5.71. The number of imidazole rings is 1. The van der Waals surface area contributed by atoms with Crippen LogP contribution in [0.5, 0.6) is 0 Å². The second-order valence-electron chi connectivity index (χ2n) is 5.71. The Labute approximate surface area is 149 Å². The number of hydrogen-bond acceptors (Lipinski definition) is 0. The van der Waals surface area contributed by atoms with Crippen molar-refractivity contribution in [1.29, 1.82) is 0 Å². The molecular formula is C19H21IN2. The summed E-state index contributed by atoms with van der Waals surface area (Å²) in [6.07, 6.45) is 6.41. The molecule has 0 aliphatic rings. The molecule has 3 heteroatoms. The lowest BCUT2D eigenvalue weighted by Gasteiger charge is -2.06. The lowest BCUT2D eigenvalue weighted by Crippen LogP contribution is -3.00. The number of aryl methyl sites for hydroxylation is 4. The van der Waals surface area contributed by atoms with Crippen LogP contribution >= 0.6 is 0 Å². The maximum atomic E-state index is 2.20. The van der Waals surface area contributed by atoms with E-state index in [1.54, 1.807) is 0 Å². The first-order valence-electron chi connectivity index (χ1n) is 7.30. The fourth-order valence-electron chi connectivity index (χ4n) is 3.05. The number of aromatic nitrogens is 2. The Morgan fingerprint density at radius 3 is 1.82 bits per heavy atom. The highest BCUT2D eigenvalue weighted by atomic mass is 127. The third kappa shape index (κ3) is 2.95. The third-order valence-electron chi connectivity index (χ3n) is 4.03. The fourth-order valence-corrected chi connectivity index (χ4v) is 3.05. The van der Waals surface area contributed by atoms with Gasteiger partial charge in [-0.05, 0) is 49.9 Å². The van der Waals surface area contributed by atoms with Crippen molar-refractivity contribution in [3.8, 4) is 11.4 Å². The van der Waals surface area contributed by atoms with Crippen molar-refractivity contribution in [3.05, 3.63) is 77.4 Å². The Morgan fingerprint density at radius 1 is 0.773 bits per heavy atom. The van der Waals surface area contributed by atoms with E-state index in [0.29, 0.717) is 0 Å². The molecule has 0 saturated heterocycles. The minimum absolute atomic E-state index is 0. The SMILES string of the molecule is Cc1cccc(C)c1-n1cc[n+](-c2c(C)cccc2C)c1.[I-]. The Balaban J connectivity index is 0.00000176. The molecule has 3 aromatic rings. The van der Waals surface area contributed by atoms with Gasteiger partial charge in [0.05, 0.1) is 0 Å². The zero-order valence-electron chi connectivity index (χ0n) is 13.5. The summed E-state index contributed by atoms with van der Waals surface area (Å²) in [5.41, 5.74) is 7.70.